The summed E-state index contributed by atoms with van der Waals surface area (Å²) >= 11 is 5.59. The third kappa shape index (κ3) is 1.40. The number of carbonyl (C=O) groups excluding carboxylic acids is 1. The van der Waals surface area contributed by atoms with Crippen molar-refractivity contribution in [2.24, 2.45) is 0 Å². The van der Waals surface area contributed by atoms with Crippen LogP contribution in [0.4, 0.5) is 4.39 Å². The number of fused-ring (bicyclic) bond motifs is 1. The maximum absolute atomic E-state index is 13.0. The van der Waals surface area contributed by atoms with E-state index in [0.717, 1.165) is 5.56 Å². The molecular weight excluding hydrogens is 193 g/mol. The Labute approximate surface area is 79.7 Å². The van der Waals surface area contributed by atoms with Crippen molar-refractivity contribution in [3.05, 3.63) is 34.1 Å². The Morgan fingerprint density at radius 1 is 1.46 bits per heavy atom. The first-order chi connectivity index (χ1) is 6.18. The Bertz CT molecular complexity index is 378. The minimum atomic E-state index is -0.544. The molecule has 1 heterocycles. The summed E-state index contributed by atoms with van der Waals surface area (Å²) in [6.07, 6.45) is 0.709. The van der Waals surface area contributed by atoms with Gasteiger partial charge in [-0.3, -0.25) is 4.79 Å². The summed E-state index contributed by atoms with van der Waals surface area (Å²) in [5.74, 6) is -0.769. The molecule has 4 heteroatoms. The summed E-state index contributed by atoms with van der Waals surface area (Å²) in [7, 11) is 0. The van der Waals surface area contributed by atoms with Gasteiger partial charge in [0.15, 0.2) is 0 Å². The number of benzene rings is 1. The standard InChI is InChI=1S/C9H7ClFNO/c10-7-3-5-1-2-12-9(13)6(5)4-8(7)11/h3-4H,1-2H2,(H,12,13). The van der Waals surface area contributed by atoms with Crippen LogP contribution in [0.5, 0.6) is 0 Å². The highest BCUT2D eigenvalue weighted by Gasteiger charge is 2.18. The van der Waals surface area contributed by atoms with Gasteiger partial charge in [0.1, 0.15) is 5.82 Å². The van der Waals surface area contributed by atoms with E-state index in [1.165, 1.54) is 12.1 Å². The van der Waals surface area contributed by atoms with Crippen LogP contribution < -0.4 is 5.32 Å². The minimum Gasteiger partial charge on any atom is -0.352 e. The van der Waals surface area contributed by atoms with Crippen LogP contribution in [0.15, 0.2) is 12.1 Å². The second-order valence-electron chi connectivity index (χ2n) is 2.93. The molecule has 0 spiro atoms. The first kappa shape index (κ1) is 8.51. The van der Waals surface area contributed by atoms with Crippen LogP contribution in [0.1, 0.15) is 15.9 Å². The van der Waals surface area contributed by atoms with Crippen LogP contribution in [0.25, 0.3) is 0 Å². The van der Waals surface area contributed by atoms with Crippen LogP contribution >= 0.6 is 11.6 Å². The molecular formula is C9H7ClFNO. The first-order valence-electron chi connectivity index (χ1n) is 3.94. The van der Waals surface area contributed by atoms with Gasteiger partial charge >= 0.3 is 0 Å². The van der Waals surface area contributed by atoms with E-state index in [1.807, 2.05) is 0 Å². The van der Waals surface area contributed by atoms with Crippen LogP contribution in [0.3, 0.4) is 0 Å². The largest absolute Gasteiger partial charge is 0.352 e. The molecule has 0 aliphatic carbocycles. The zero-order chi connectivity index (χ0) is 9.42. The van der Waals surface area contributed by atoms with Crippen LogP contribution in [-0.4, -0.2) is 12.5 Å². The maximum atomic E-state index is 13.0. The van der Waals surface area contributed by atoms with E-state index in [4.69, 9.17) is 11.6 Å². The van der Waals surface area contributed by atoms with E-state index >= 15 is 0 Å². The molecule has 68 valence electrons. The first-order valence-corrected chi connectivity index (χ1v) is 4.32. The summed E-state index contributed by atoms with van der Waals surface area (Å²) < 4.78 is 13.0. The number of hydrogen-bond acceptors (Lipinski definition) is 1. The van der Waals surface area contributed by atoms with E-state index in [9.17, 15) is 9.18 Å². The Hall–Kier alpha value is -1.09. The fourth-order valence-corrected chi connectivity index (χ4v) is 1.60. The van der Waals surface area contributed by atoms with E-state index < -0.39 is 5.82 Å². The average Bonchev–Trinajstić information content (AvgIpc) is 2.09. The van der Waals surface area contributed by atoms with E-state index in [2.05, 4.69) is 5.32 Å². The zero-order valence-corrected chi connectivity index (χ0v) is 7.49. The highest BCUT2D eigenvalue weighted by atomic mass is 35.5. The molecule has 1 N–H and O–H groups in total. The second kappa shape index (κ2) is 3.00. The van der Waals surface area contributed by atoms with E-state index in [-0.39, 0.29) is 10.9 Å². The van der Waals surface area contributed by atoms with E-state index in [0.29, 0.717) is 18.5 Å². The fraction of sp³-hybridized carbons (Fsp3) is 0.222. The Balaban J connectivity index is 2.58. The van der Waals surface area contributed by atoms with Gasteiger partial charge in [0.25, 0.3) is 5.91 Å². The number of nitrogens with one attached hydrogen (secondary N) is 1. The molecule has 2 nitrogen and oxygen atoms in total. The Morgan fingerprint density at radius 2 is 2.23 bits per heavy atom. The zero-order valence-electron chi connectivity index (χ0n) is 6.73. The highest BCUT2D eigenvalue weighted by Crippen LogP contribution is 2.22. The quantitative estimate of drug-likeness (QED) is 0.678. The molecule has 0 fully saturated rings. The fourth-order valence-electron chi connectivity index (χ4n) is 1.41. The number of halogens is 2. The smallest absolute Gasteiger partial charge is 0.251 e. The molecule has 1 aromatic carbocycles. The highest BCUT2D eigenvalue weighted by molar-refractivity contribution is 6.31. The van der Waals surface area contributed by atoms with Crippen molar-refractivity contribution in [3.8, 4) is 0 Å². The summed E-state index contributed by atoms with van der Waals surface area (Å²) in [6.45, 7) is 0.591. The van der Waals surface area contributed by atoms with Crippen molar-refractivity contribution >= 4 is 17.5 Å². The summed E-state index contributed by atoms with van der Waals surface area (Å²) in [5.41, 5.74) is 1.21. The normalized spacial score (nSPS) is 15.1. The second-order valence-corrected chi connectivity index (χ2v) is 3.34. The Kier molecular flexibility index (Phi) is 1.96. The van der Waals surface area contributed by atoms with Gasteiger partial charge in [-0.25, -0.2) is 4.39 Å². The molecule has 0 atom stereocenters. The third-order valence-corrected chi connectivity index (χ3v) is 2.36. The molecule has 0 bridgehead atoms. The predicted octanol–water partition coefficient (Wildman–Crippen LogP) is 1.76. The molecule has 1 aliphatic heterocycles. The van der Waals surface area contributed by atoms with Crippen LogP contribution in [0.2, 0.25) is 5.02 Å². The summed E-state index contributed by atoms with van der Waals surface area (Å²) in [4.78, 5) is 11.2. The number of carbonyl (C=O) groups is 1. The van der Waals surface area contributed by atoms with Crippen molar-refractivity contribution in [2.45, 2.75) is 6.42 Å². The maximum Gasteiger partial charge on any atom is 0.251 e. The molecule has 0 unspecified atom stereocenters. The van der Waals surface area contributed by atoms with Crippen molar-refractivity contribution in [1.29, 1.82) is 0 Å². The van der Waals surface area contributed by atoms with Gasteiger partial charge in [-0.15, -0.1) is 0 Å². The molecule has 0 radical (unpaired) electrons. The molecule has 0 aromatic heterocycles. The number of hydrogen-bond donors (Lipinski definition) is 1. The monoisotopic (exact) mass is 199 g/mol. The van der Waals surface area contributed by atoms with Gasteiger partial charge in [0, 0.05) is 12.1 Å². The molecule has 1 amide bonds. The predicted molar refractivity (Wildman–Crippen MR) is 47.4 cm³/mol. The van der Waals surface area contributed by atoms with Gasteiger partial charge in [-0.2, -0.15) is 0 Å². The molecule has 0 saturated carbocycles. The summed E-state index contributed by atoms with van der Waals surface area (Å²) in [6, 6.07) is 2.71. The lowest BCUT2D eigenvalue weighted by atomic mass is 10.0. The van der Waals surface area contributed by atoms with Gasteiger partial charge in [-0.05, 0) is 24.1 Å². The van der Waals surface area contributed by atoms with E-state index in [1.54, 1.807) is 0 Å². The molecule has 13 heavy (non-hydrogen) atoms. The van der Waals surface area contributed by atoms with Gasteiger partial charge < -0.3 is 5.32 Å². The van der Waals surface area contributed by atoms with Crippen molar-refractivity contribution in [3.63, 3.8) is 0 Å². The van der Waals surface area contributed by atoms with Crippen LogP contribution in [0, 0.1) is 5.82 Å². The van der Waals surface area contributed by atoms with Crippen LogP contribution in [-0.2, 0) is 6.42 Å². The van der Waals surface area contributed by atoms with Crippen molar-refractivity contribution < 1.29 is 9.18 Å². The summed E-state index contributed by atoms with van der Waals surface area (Å²) in [5, 5.41) is 2.71. The number of amides is 1. The van der Waals surface area contributed by atoms with Gasteiger partial charge in [-0.1, -0.05) is 11.6 Å². The molecule has 1 aromatic rings. The molecule has 0 saturated heterocycles. The average molecular weight is 200 g/mol. The van der Waals surface area contributed by atoms with Gasteiger partial charge in [0.05, 0.1) is 5.02 Å². The van der Waals surface area contributed by atoms with Crippen molar-refractivity contribution in [2.75, 3.05) is 6.54 Å². The lowest BCUT2D eigenvalue weighted by Crippen LogP contribution is -2.31. The lowest BCUT2D eigenvalue weighted by Gasteiger charge is -2.16. The van der Waals surface area contributed by atoms with Gasteiger partial charge in [0.2, 0.25) is 0 Å². The van der Waals surface area contributed by atoms with Crippen molar-refractivity contribution in [1.82, 2.24) is 5.32 Å². The lowest BCUT2D eigenvalue weighted by molar-refractivity contribution is 0.0945. The molecule has 2 rings (SSSR count). The Morgan fingerprint density at radius 3 is 3.00 bits per heavy atom. The third-order valence-electron chi connectivity index (χ3n) is 2.07. The topological polar surface area (TPSA) is 29.1 Å². The minimum absolute atomic E-state index is 0.0773. The number of rotatable bonds is 0. The SMILES string of the molecule is O=C1NCCc2cc(Cl)c(F)cc21. The molecule has 1 aliphatic rings.